The highest BCUT2D eigenvalue weighted by Gasteiger charge is 2.31. The first kappa shape index (κ1) is 12.8. The molecule has 1 aliphatic carbocycles. The number of carbonyl (C=O) groups is 1. The lowest BCUT2D eigenvalue weighted by molar-refractivity contribution is -0.126. The molecule has 0 aromatic rings. The van der Waals surface area contributed by atoms with Gasteiger partial charge in [0.15, 0.2) is 0 Å². The highest BCUT2D eigenvalue weighted by atomic mass is 16.1. The van der Waals surface area contributed by atoms with Crippen molar-refractivity contribution in [2.45, 2.75) is 50.6 Å². The maximum atomic E-state index is 11.7. The van der Waals surface area contributed by atoms with Crippen molar-refractivity contribution in [3.8, 4) is 0 Å². The van der Waals surface area contributed by atoms with Crippen molar-refractivity contribution in [3.05, 3.63) is 0 Å². The zero-order chi connectivity index (χ0) is 12.3. The van der Waals surface area contributed by atoms with Crippen LogP contribution in [0, 0.1) is 5.92 Å². The minimum absolute atomic E-state index is 0.187. The molecule has 1 saturated heterocycles. The van der Waals surface area contributed by atoms with E-state index in [1.807, 2.05) is 0 Å². The molecule has 2 rings (SSSR count). The van der Waals surface area contributed by atoms with Gasteiger partial charge in [-0.2, -0.15) is 0 Å². The normalized spacial score (nSPS) is 35.5. The second-order valence-electron chi connectivity index (χ2n) is 5.53. The van der Waals surface area contributed by atoms with Gasteiger partial charge in [-0.3, -0.25) is 9.69 Å². The van der Waals surface area contributed by atoms with Crippen molar-refractivity contribution in [1.29, 1.82) is 0 Å². The molecule has 0 spiro atoms. The maximum Gasteiger partial charge on any atom is 0.224 e. The van der Waals surface area contributed by atoms with E-state index >= 15 is 0 Å². The molecule has 98 valence electrons. The standard InChI is InChI=1S/C13H25N3O/c1-15-13(17)10-4-3-7-16(9-10)12-6-2-5-11(14)8-12/h10-12H,2-9,14H2,1H3,(H,15,17). The molecule has 1 heterocycles. The summed E-state index contributed by atoms with van der Waals surface area (Å²) in [5.74, 6) is 0.390. The van der Waals surface area contributed by atoms with Gasteiger partial charge in [0, 0.05) is 25.7 Å². The van der Waals surface area contributed by atoms with Gasteiger partial charge in [0.1, 0.15) is 0 Å². The molecule has 0 aromatic heterocycles. The SMILES string of the molecule is CNC(=O)C1CCCN(C2CCCC(N)C2)C1. The molecule has 2 fully saturated rings. The summed E-state index contributed by atoms with van der Waals surface area (Å²) in [5, 5.41) is 2.78. The molecule has 0 bridgehead atoms. The smallest absolute Gasteiger partial charge is 0.224 e. The highest BCUT2D eigenvalue weighted by Crippen LogP contribution is 2.26. The van der Waals surface area contributed by atoms with Crippen molar-refractivity contribution in [2.24, 2.45) is 11.7 Å². The van der Waals surface area contributed by atoms with Crippen molar-refractivity contribution in [1.82, 2.24) is 10.2 Å². The van der Waals surface area contributed by atoms with E-state index in [0.717, 1.165) is 32.4 Å². The molecule has 4 heteroatoms. The molecule has 1 amide bonds. The monoisotopic (exact) mass is 239 g/mol. The minimum atomic E-state index is 0.187. The first-order chi connectivity index (χ1) is 8.20. The van der Waals surface area contributed by atoms with Gasteiger partial charge >= 0.3 is 0 Å². The van der Waals surface area contributed by atoms with E-state index in [4.69, 9.17) is 5.73 Å². The van der Waals surface area contributed by atoms with Gasteiger partial charge in [-0.25, -0.2) is 0 Å². The fourth-order valence-corrected chi connectivity index (χ4v) is 3.29. The molecular weight excluding hydrogens is 214 g/mol. The highest BCUT2D eigenvalue weighted by molar-refractivity contribution is 5.78. The lowest BCUT2D eigenvalue weighted by Crippen LogP contribution is -2.49. The number of rotatable bonds is 2. The number of nitrogens with zero attached hydrogens (tertiary/aromatic N) is 1. The molecule has 3 atom stereocenters. The van der Waals surface area contributed by atoms with Gasteiger partial charge in [-0.1, -0.05) is 6.42 Å². The number of nitrogens with one attached hydrogen (secondary N) is 1. The molecular formula is C13H25N3O. The fourth-order valence-electron chi connectivity index (χ4n) is 3.29. The predicted molar refractivity (Wildman–Crippen MR) is 68.6 cm³/mol. The number of hydrogen-bond donors (Lipinski definition) is 2. The van der Waals surface area contributed by atoms with E-state index in [2.05, 4.69) is 10.2 Å². The predicted octanol–water partition coefficient (Wildman–Crippen LogP) is 0.714. The first-order valence-electron chi connectivity index (χ1n) is 6.92. The van der Waals surface area contributed by atoms with Crippen molar-refractivity contribution >= 4 is 5.91 Å². The van der Waals surface area contributed by atoms with Crippen LogP contribution in [0.3, 0.4) is 0 Å². The van der Waals surface area contributed by atoms with Gasteiger partial charge in [-0.15, -0.1) is 0 Å². The number of amides is 1. The van der Waals surface area contributed by atoms with E-state index in [1.165, 1.54) is 19.3 Å². The number of nitrogens with two attached hydrogens (primary N) is 1. The van der Waals surface area contributed by atoms with Crippen LogP contribution in [0.15, 0.2) is 0 Å². The average molecular weight is 239 g/mol. The summed E-state index contributed by atoms with van der Waals surface area (Å²) in [4.78, 5) is 14.2. The van der Waals surface area contributed by atoms with Crippen molar-refractivity contribution in [3.63, 3.8) is 0 Å². The minimum Gasteiger partial charge on any atom is -0.359 e. The summed E-state index contributed by atoms with van der Waals surface area (Å²) < 4.78 is 0. The van der Waals surface area contributed by atoms with Crippen LogP contribution in [0.25, 0.3) is 0 Å². The van der Waals surface area contributed by atoms with E-state index in [9.17, 15) is 4.79 Å². The molecule has 0 radical (unpaired) electrons. The number of hydrogen-bond acceptors (Lipinski definition) is 3. The molecule has 1 aliphatic heterocycles. The fraction of sp³-hybridized carbons (Fsp3) is 0.923. The Hall–Kier alpha value is -0.610. The molecule has 17 heavy (non-hydrogen) atoms. The Morgan fingerprint density at radius 2 is 2.12 bits per heavy atom. The first-order valence-corrected chi connectivity index (χ1v) is 6.92. The van der Waals surface area contributed by atoms with Crippen molar-refractivity contribution < 1.29 is 4.79 Å². The summed E-state index contributed by atoms with van der Waals surface area (Å²) in [5.41, 5.74) is 6.05. The molecule has 2 aliphatic rings. The number of piperidine rings is 1. The Morgan fingerprint density at radius 3 is 2.82 bits per heavy atom. The van der Waals surface area contributed by atoms with Crippen LogP contribution in [-0.2, 0) is 4.79 Å². The summed E-state index contributed by atoms with van der Waals surface area (Å²) in [6.07, 6.45) is 6.96. The van der Waals surface area contributed by atoms with Crippen LogP contribution in [0.1, 0.15) is 38.5 Å². The van der Waals surface area contributed by atoms with Gasteiger partial charge in [0.25, 0.3) is 0 Å². The topological polar surface area (TPSA) is 58.4 Å². The van der Waals surface area contributed by atoms with E-state index < -0.39 is 0 Å². The van der Waals surface area contributed by atoms with Crippen LogP contribution in [0.5, 0.6) is 0 Å². The van der Waals surface area contributed by atoms with Crippen LogP contribution in [0.2, 0.25) is 0 Å². The summed E-state index contributed by atoms with van der Waals surface area (Å²) >= 11 is 0. The number of likely N-dealkylation sites (tertiary alicyclic amines) is 1. The zero-order valence-electron chi connectivity index (χ0n) is 10.8. The Morgan fingerprint density at radius 1 is 1.29 bits per heavy atom. The van der Waals surface area contributed by atoms with Crippen molar-refractivity contribution in [2.75, 3.05) is 20.1 Å². The molecule has 0 aromatic carbocycles. The Balaban J connectivity index is 1.90. The van der Waals surface area contributed by atoms with Crippen LogP contribution in [0.4, 0.5) is 0 Å². The molecule has 3 unspecified atom stereocenters. The third-order valence-corrected chi connectivity index (χ3v) is 4.27. The third kappa shape index (κ3) is 3.19. The Kier molecular flexibility index (Phi) is 4.40. The second-order valence-corrected chi connectivity index (χ2v) is 5.53. The van der Waals surface area contributed by atoms with E-state index in [-0.39, 0.29) is 11.8 Å². The van der Waals surface area contributed by atoms with E-state index in [0.29, 0.717) is 12.1 Å². The molecule has 3 N–H and O–H groups in total. The van der Waals surface area contributed by atoms with E-state index in [1.54, 1.807) is 7.05 Å². The number of carbonyl (C=O) groups excluding carboxylic acids is 1. The zero-order valence-corrected chi connectivity index (χ0v) is 10.8. The third-order valence-electron chi connectivity index (χ3n) is 4.27. The second kappa shape index (κ2) is 5.83. The summed E-state index contributed by atoms with van der Waals surface area (Å²) in [6, 6.07) is 0.986. The molecule has 1 saturated carbocycles. The lowest BCUT2D eigenvalue weighted by atomic mass is 9.87. The maximum absolute atomic E-state index is 11.7. The Bertz CT molecular complexity index is 269. The van der Waals surface area contributed by atoms with Gasteiger partial charge in [0.05, 0.1) is 5.92 Å². The summed E-state index contributed by atoms with van der Waals surface area (Å²) in [6.45, 7) is 2.07. The van der Waals surface area contributed by atoms with Gasteiger partial charge < -0.3 is 11.1 Å². The van der Waals surface area contributed by atoms with Crippen LogP contribution < -0.4 is 11.1 Å². The quantitative estimate of drug-likeness (QED) is 0.746. The average Bonchev–Trinajstić information content (AvgIpc) is 2.38. The van der Waals surface area contributed by atoms with Crippen LogP contribution >= 0.6 is 0 Å². The summed E-state index contributed by atoms with van der Waals surface area (Å²) in [7, 11) is 1.73. The van der Waals surface area contributed by atoms with Gasteiger partial charge in [0.2, 0.25) is 5.91 Å². The molecule has 4 nitrogen and oxygen atoms in total. The van der Waals surface area contributed by atoms with Gasteiger partial charge in [-0.05, 0) is 38.6 Å². The lowest BCUT2D eigenvalue weighted by Gasteiger charge is -2.40. The van der Waals surface area contributed by atoms with Crippen LogP contribution in [-0.4, -0.2) is 43.0 Å². The Labute approximate surface area is 104 Å². The largest absolute Gasteiger partial charge is 0.359 e.